The summed E-state index contributed by atoms with van der Waals surface area (Å²) in [6.07, 6.45) is -0.814. The number of nitrogens with zero attached hydrogens (tertiary/aromatic N) is 1. The highest BCUT2D eigenvalue weighted by atomic mass is 35.5. The molecule has 0 fully saturated rings. The van der Waals surface area contributed by atoms with Gasteiger partial charge >= 0.3 is 6.03 Å². The molecule has 1 rings (SSSR count). The first kappa shape index (κ1) is 12.8. The topological polar surface area (TPSA) is 52.6 Å². The van der Waals surface area contributed by atoms with Crippen molar-refractivity contribution in [2.75, 3.05) is 7.05 Å². The van der Waals surface area contributed by atoms with Crippen LogP contribution < -0.4 is 5.32 Å². The van der Waals surface area contributed by atoms with Gasteiger partial charge < -0.3 is 15.3 Å². The van der Waals surface area contributed by atoms with Crippen LogP contribution in [0.25, 0.3) is 0 Å². The summed E-state index contributed by atoms with van der Waals surface area (Å²) in [6.45, 7) is 1.87. The van der Waals surface area contributed by atoms with Crippen molar-refractivity contribution >= 4 is 17.6 Å². The summed E-state index contributed by atoms with van der Waals surface area (Å²) in [4.78, 5) is 12.7. The molecule has 1 unspecified atom stereocenters. The zero-order valence-corrected chi connectivity index (χ0v) is 10.0. The predicted octanol–water partition coefficient (Wildman–Crippen LogP) is 1.82. The molecule has 0 radical (unpaired) electrons. The van der Waals surface area contributed by atoms with Crippen molar-refractivity contribution in [2.24, 2.45) is 0 Å². The van der Waals surface area contributed by atoms with E-state index in [0.29, 0.717) is 11.6 Å². The number of carbonyl (C=O) groups is 1. The average Bonchev–Trinajstić information content (AvgIpc) is 2.26. The van der Waals surface area contributed by atoms with E-state index in [4.69, 9.17) is 11.6 Å². The van der Waals surface area contributed by atoms with Crippen molar-refractivity contribution in [3.8, 4) is 0 Å². The third-order valence-corrected chi connectivity index (χ3v) is 2.64. The van der Waals surface area contributed by atoms with Gasteiger partial charge in [0, 0.05) is 18.6 Å². The Morgan fingerprint density at radius 2 is 2.19 bits per heavy atom. The van der Waals surface area contributed by atoms with E-state index in [1.807, 2.05) is 18.2 Å². The van der Waals surface area contributed by atoms with Gasteiger partial charge in [0.2, 0.25) is 0 Å². The summed E-state index contributed by atoms with van der Waals surface area (Å²) in [5.41, 5.74) is 0.844. The molecule has 88 valence electrons. The smallest absolute Gasteiger partial charge is 0.319 e. The van der Waals surface area contributed by atoms with Gasteiger partial charge in [0.1, 0.15) is 6.23 Å². The van der Waals surface area contributed by atoms with Crippen LogP contribution in [-0.4, -0.2) is 29.3 Å². The van der Waals surface area contributed by atoms with E-state index in [2.05, 4.69) is 5.32 Å². The van der Waals surface area contributed by atoms with Gasteiger partial charge in [-0.2, -0.15) is 0 Å². The fourth-order valence-corrected chi connectivity index (χ4v) is 1.31. The lowest BCUT2D eigenvalue weighted by Crippen LogP contribution is -2.41. The third-order valence-electron chi connectivity index (χ3n) is 2.27. The molecule has 1 aromatic rings. The van der Waals surface area contributed by atoms with Crippen LogP contribution in [0.15, 0.2) is 24.3 Å². The van der Waals surface area contributed by atoms with Gasteiger partial charge in [-0.25, -0.2) is 4.79 Å². The van der Waals surface area contributed by atoms with Gasteiger partial charge in [-0.05, 0) is 18.6 Å². The first-order valence-electron chi connectivity index (χ1n) is 4.94. The number of rotatable bonds is 3. The van der Waals surface area contributed by atoms with Crippen molar-refractivity contribution in [1.29, 1.82) is 0 Å². The molecule has 0 aromatic heterocycles. The molecular weight excluding hydrogens is 228 g/mol. The van der Waals surface area contributed by atoms with Crippen LogP contribution in [0.1, 0.15) is 12.5 Å². The summed E-state index contributed by atoms with van der Waals surface area (Å²) in [5.74, 6) is 0. The molecule has 2 N–H and O–H groups in total. The molecule has 4 nitrogen and oxygen atoms in total. The van der Waals surface area contributed by atoms with Gasteiger partial charge in [-0.3, -0.25) is 0 Å². The number of urea groups is 1. The van der Waals surface area contributed by atoms with E-state index in [1.54, 1.807) is 6.07 Å². The fraction of sp³-hybridized carbons (Fsp3) is 0.364. The van der Waals surface area contributed by atoms with Gasteiger partial charge in [-0.15, -0.1) is 0 Å². The zero-order chi connectivity index (χ0) is 12.1. The van der Waals surface area contributed by atoms with Crippen LogP contribution >= 0.6 is 11.6 Å². The second kappa shape index (κ2) is 5.72. The van der Waals surface area contributed by atoms with Crippen LogP contribution in [0.5, 0.6) is 0 Å². The van der Waals surface area contributed by atoms with Crippen molar-refractivity contribution in [3.05, 3.63) is 34.9 Å². The number of carbonyl (C=O) groups excluding carboxylic acids is 1. The molecule has 0 spiro atoms. The predicted molar refractivity (Wildman–Crippen MR) is 63.1 cm³/mol. The van der Waals surface area contributed by atoms with Crippen LogP contribution in [0.3, 0.4) is 0 Å². The van der Waals surface area contributed by atoms with Crippen LogP contribution in [-0.2, 0) is 6.54 Å². The minimum absolute atomic E-state index is 0.338. The minimum Gasteiger partial charge on any atom is -0.374 e. The Labute approximate surface area is 99.8 Å². The van der Waals surface area contributed by atoms with Crippen LogP contribution in [0, 0.1) is 0 Å². The molecule has 0 bridgehead atoms. The number of hydrogen-bond acceptors (Lipinski definition) is 2. The highest BCUT2D eigenvalue weighted by molar-refractivity contribution is 6.31. The first-order chi connectivity index (χ1) is 7.52. The Bertz CT molecular complexity index is 369. The molecule has 5 heteroatoms. The van der Waals surface area contributed by atoms with E-state index < -0.39 is 6.23 Å². The van der Waals surface area contributed by atoms with E-state index in [1.165, 1.54) is 18.9 Å². The molecule has 16 heavy (non-hydrogen) atoms. The van der Waals surface area contributed by atoms with Crippen molar-refractivity contribution in [2.45, 2.75) is 19.7 Å². The average molecular weight is 243 g/mol. The van der Waals surface area contributed by atoms with Gasteiger partial charge in [0.05, 0.1) is 0 Å². The lowest BCUT2D eigenvalue weighted by Gasteiger charge is -2.20. The largest absolute Gasteiger partial charge is 0.374 e. The number of amides is 2. The zero-order valence-electron chi connectivity index (χ0n) is 9.27. The summed E-state index contributed by atoms with van der Waals surface area (Å²) in [5, 5.41) is 12.5. The van der Waals surface area contributed by atoms with Gasteiger partial charge in [-0.1, -0.05) is 29.8 Å². The summed E-state index contributed by atoms with van der Waals surface area (Å²) in [7, 11) is 1.52. The Balaban J connectivity index is 2.52. The monoisotopic (exact) mass is 242 g/mol. The molecule has 0 heterocycles. The Kier molecular flexibility index (Phi) is 4.58. The number of halogens is 1. The third kappa shape index (κ3) is 3.40. The lowest BCUT2D eigenvalue weighted by atomic mass is 10.2. The SMILES string of the molecule is CC(O)N(C)C(=O)NCc1ccccc1Cl. The quantitative estimate of drug-likeness (QED) is 0.795. The molecule has 0 saturated heterocycles. The normalized spacial score (nSPS) is 12.0. The number of aliphatic hydroxyl groups excluding tert-OH is 1. The number of aliphatic hydroxyl groups is 1. The summed E-state index contributed by atoms with van der Waals surface area (Å²) in [6, 6.07) is 6.95. The second-order valence-electron chi connectivity index (χ2n) is 3.49. The molecule has 2 amide bonds. The Morgan fingerprint density at radius 1 is 1.56 bits per heavy atom. The van der Waals surface area contributed by atoms with Crippen LogP contribution in [0.2, 0.25) is 5.02 Å². The molecular formula is C11H15ClN2O2. The molecule has 0 aliphatic heterocycles. The molecule has 1 atom stereocenters. The van der Waals surface area contributed by atoms with E-state index in [0.717, 1.165) is 5.56 Å². The fourth-order valence-electron chi connectivity index (χ4n) is 1.11. The Morgan fingerprint density at radius 3 is 2.75 bits per heavy atom. The van der Waals surface area contributed by atoms with Crippen molar-refractivity contribution in [1.82, 2.24) is 10.2 Å². The molecule has 0 aliphatic carbocycles. The first-order valence-corrected chi connectivity index (χ1v) is 5.32. The maximum absolute atomic E-state index is 11.5. The maximum atomic E-state index is 11.5. The lowest BCUT2D eigenvalue weighted by molar-refractivity contribution is 0.0618. The van der Waals surface area contributed by atoms with Crippen molar-refractivity contribution < 1.29 is 9.90 Å². The van der Waals surface area contributed by atoms with E-state index in [-0.39, 0.29) is 6.03 Å². The highest BCUT2D eigenvalue weighted by Crippen LogP contribution is 2.14. The second-order valence-corrected chi connectivity index (χ2v) is 3.90. The number of benzene rings is 1. The Hall–Kier alpha value is -1.26. The maximum Gasteiger partial charge on any atom is 0.319 e. The minimum atomic E-state index is -0.814. The molecule has 1 aromatic carbocycles. The van der Waals surface area contributed by atoms with Crippen LogP contribution in [0.4, 0.5) is 4.79 Å². The molecule has 0 saturated carbocycles. The number of nitrogens with one attached hydrogen (secondary N) is 1. The standard InChI is InChI=1S/C11H15ClN2O2/c1-8(15)14(2)11(16)13-7-9-5-3-4-6-10(9)12/h3-6,8,15H,7H2,1-2H3,(H,13,16). The highest BCUT2D eigenvalue weighted by Gasteiger charge is 2.12. The summed E-state index contributed by atoms with van der Waals surface area (Å²) >= 11 is 5.94. The summed E-state index contributed by atoms with van der Waals surface area (Å²) < 4.78 is 0. The number of hydrogen-bond donors (Lipinski definition) is 2. The van der Waals surface area contributed by atoms with Gasteiger partial charge in [0.15, 0.2) is 0 Å². The van der Waals surface area contributed by atoms with Gasteiger partial charge in [0.25, 0.3) is 0 Å². The van der Waals surface area contributed by atoms with E-state index in [9.17, 15) is 9.90 Å². The van der Waals surface area contributed by atoms with E-state index >= 15 is 0 Å². The molecule has 0 aliphatic rings. The van der Waals surface area contributed by atoms with Crippen molar-refractivity contribution in [3.63, 3.8) is 0 Å².